The second-order valence-electron chi connectivity index (χ2n) is 3.64. The van der Waals surface area contributed by atoms with E-state index < -0.39 is 6.04 Å². The molecule has 0 unspecified atom stereocenters. The van der Waals surface area contributed by atoms with Gasteiger partial charge in [-0.2, -0.15) is 0 Å². The standard InChI is InChI=1S/C12H18N2O2/c1-9(13)12(15)14-8-7-10-5-3-4-6-11(10)16-2/h3-6,9H,7-8,13H2,1-2H3,(H,14,15)/t9-/m1/s1. The Kier molecular flexibility index (Phi) is 4.79. The van der Waals surface area contributed by atoms with Gasteiger partial charge in [-0.25, -0.2) is 0 Å². The molecular weight excluding hydrogens is 204 g/mol. The lowest BCUT2D eigenvalue weighted by Crippen LogP contribution is -2.39. The summed E-state index contributed by atoms with van der Waals surface area (Å²) in [7, 11) is 1.64. The van der Waals surface area contributed by atoms with Gasteiger partial charge in [0.15, 0.2) is 0 Å². The SMILES string of the molecule is COc1ccccc1CCNC(=O)[C@@H](C)N. The maximum atomic E-state index is 11.2. The maximum Gasteiger partial charge on any atom is 0.236 e. The van der Waals surface area contributed by atoms with Crippen LogP contribution in [0.5, 0.6) is 5.75 Å². The van der Waals surface area contributed by atoms with Gasteiger partial charge in [-0.1, -0.05) is 18.2 Å². The molecule has 88 valence electrons. The molecule has 1 amide bonds. The summed E-state index contributed by atoms with van der Waals surface area (Å²) in [6.45, 7) is 2.24. The number of ether oxygens (including phenoxy) is 1. The smallest absolute Gasteiger partial charge is 0.236 e. The number of methoxy groups -OCH3 is 1. The van der Waals surface area contributed by atoms with Gasteiger partial charge in [-0.15, -0.1) is 0 Å². The first-order valence-corrected chi connectivity index (χ1v) is 5.30. The number of nitrogens with one attached hydrogen (secondary N) is 1. The van der Waals surface area contributed by atoms with Crippen LogP contribution in [0.3, 0.4) is 0 Å². The summed E-state index contributed by atoms with van der Waals surface area (Å²) >= 11 is 0. The van der Waals surface area contributed by atoms with Gasteiger partial charge in [0.2, 0.25) is 5.91 Å². The van der Waals surface area contributed by atoms with Crippen LogP contribution in [-0.4, -0.2) is 25.6 Å². The Labute approximate surface area is 95.8 Å². The number of nitrogens with two attached hydrogens (primary N) is 1. The molecule has 0 fully saturated rings. The Hall–Kier alpha value is -1.55. The van der Waals surface area contributed by atoms with E-state index in [0.29, 0.717) is 6.54 Å². The average molecular weight is 222 g/mol. The molecule has 0 saturated heterocycles. The summed E-state index contributed by atoms with van der Waals surface area (Å²) in [5.74, 6) is 0.715. The summed E-state index contributed by atoms with van der Waals surface area (Å²) in [6.07, 6.45) is 0.739. The fourth-order valence-electron chi connectivity index (χ4n) is 1.39. The normalized spacial score (nSPS) is 11.9. The Bertz CT molecular complexity index is 351. The van der Waals surface area contributed by atoms with E-state index in [4.69, 9.17) is 10.5 Å². The minimum Gasteiger partial charge on any atom is -0.496 e. The van der Waals surface area contributed by atoms with E-state index in [-0.39, 0.29) is 5.91 Å². The third kappa shape index (κ3) is 3.55. The highest BCUT2D eigenvalue weighted by Crippen LogP contribution is 2.17. The molecule has 0 spiro atoms. The van der Waals surface area contributed by atoms with Crippen LogP contribution in [0.4, 0.5) is 0 Å². The van der Waals surface area contributed by atoms with Crippen LogP contribution >= 0.6 is 0 Å². The second kappa shape index (κ2) is 6.12. The first-order chi connectivity index (χ1) is 7.65. The van der Waals surface area contributed by atoms with Crippen molar-refractivity contribution in [2.24, 2.45) is 5.73 Å². The second-order valence-corrected chi connectivity index (χ2v) is 3.64. The largest absolute Gasteiger partial charge is 0.496 e. The van der Waals surface area contributed by atoms with Crippen molar-refractivity contribution >= 4 is 5.91 Å². The van der Waals surface area contributed by atoms with Crippen molar-refractivity contribution in [1.82, 2.24) is 5.32 Å². The number of carbonyl (C=O) groups is 1. The predicted molar refractivity (Wildman–Crippen MR) is 63.4 cm³/mol. The van der Waals surface area contributed by atoms with Crippen LogP contribution in [-0.2, 0) is 11.2 Å². The number of rotatable bonds is 5. The van der Waals surface area contributed by atoms with Gasteiger partial charge in [0.05, 0.1) is 13.2 Å². The lowest BCUT2D eigenvalue weighted by molar-refractivity contribution is -0.121. The highest BCUT2D eigenvalue weighted by molar-refractivity contribution is 5.80. The fraction of sp³-hybridized carbons (Fsp3) is 0.417. The molecule has 1 atom stereocenters. The molecule has 0 aliphatic carbocycles. The topological polar surface area (TPSA) is 64.3 Å². The van der Waals surface area contributed by atoms with Crippen molar-refractivity contribution in [2.45, 2.75) is 19.4 Å². The molecule has 0 aliphatic rings. The van der Waals surface area contributed by atoms with Crippen LogP contribution in [0.2, 0.25) is 0 Å². The molecule has 3 N–H and O–H groups in total. The molecule has 1 rings (SSSR count). The molecule has 4 nitrogen and oxygen atoms in total. The number of hydrogen-bond acceptors (Lipinski definition) is 3. The van der Waals surface area contributed by atoms with Crippen LogP contribution < -0.4 is 15.8 Å². The zero-order chi connectivity index (χ0) is 12.0. The van der Waals surface area contributed by atoms with E-state index in [9.17, 15) is 4.79 Å². The van der Waals surface area contributed by atoms with Crippen molar-refractivity contribution < 1.29 is 9.53 Å². The van der Waals surface area contributed by atoms with Crippen LogP contribution in [0.25, 0.3) is 0 Å². The quantitative estimate of drug-likeness (QED) is 0.771. The molecule has 0 aromatic heterocycles. The average Bonchev–Trinajstić information content (AvgIpc) is 2.29. The number of amides is 1. The van der Waals surface area contributed by atoms with Gasteiger partial charge in [-0.3, -0.25) is 4.79 Å². The van der Waals surface area contributed by atoms with E-state index in [1.54, 1.807) is 14.0 Å². The summed E-state index contributed by atoms with van der Waals surface area (Å²) in [6, 6.07) is 7.30. The Morgan fingerprint density at radius 2 is 2.19 bits per heavy atom. The molecule has 0 bridgehead atoms. The summed E-state index contributed by atoms with van der Waals surface area (Å²) in [5, 5.41) is 2.76. The van der Waals surface area contributed by atoms with Gasteiger partial charge in [0, 0.05) is 6.54 Å². The fourth-order valence-corrected chi connectivity index (χ4v) is 1.39. The first kappa shape index (κ1) is 12.5. The zero-order valence-corrected chi connectivity index (χ0v) is 9.69. The minimum atomic E-state index is -0.460. The van der Waals surface area contributed by atoms with Gasteiger partial charge < -0.3 is 15.8 Å². The molecule has 0 radical (unpaired) electrons. The van der Waals surface area contributed by atoms with E-state index in [0.717, 1.165) is 17.7 Å². The van der Waals surface area contributed by atoms with E-state index in [1.165, 1.54) is 0 Å². The van der Waals surface area contributed by atoms with Crippen molar-refractivity contribution in [2.75, 3.05) is 13.7 Å². The highest BCUT2D eigenvalue weighted by Gasteiger charge is 2.06. The number of hydrogen-bond donors (Lipinski definition) is 2. The monoisotopic (exact) mass is 222 g/mol. The van der Waals surface area contributed by atoms with Crippen molar-refractivity contribution in [3.63, 3.8) is 0 Å². The van der Waals surface area contributed by atoms with Crippen LogP contribution in [0, 0.1) is 0 Å². The van der Waals surface area contributed by atoms with Crippen LogP contribution in [0.15, 0.2) is 24.3 Å². The van der Waals surface area contributed by atoms with Crippen LogP contribution in [0.1, 0.15) is 12.5 Å². The molecular formula is C12H18N2O2. The van der Waals surface area contributed by atoms with Gasteiger partial charge >= 0.3 is 0 Å². The number of benzene rings is 1. The molecule has 0 aliphatic heterocycles. The van der Waals surface area contributed by atoms with Crippen molar-refractivity contribution in [3.05, 3.63) is 29.8 Å². The van der Waals surface area contributed by atoms with E-state index in [1.807, 2.05) is 24.3 Å². The Morgan fingerprint density at radius 3 is 2.81 bits per heavy atom. The van der Waals surface area contributed by atoms with Crippen molar-refractivity contribution in [1.29, 1.82) is 0 Å². The molecule has 4 heteroatoms. The Morgan fingerprint density at radius 1 is 1.50 bits per heavy atom. The minimum absolute atomic E-state index is 0.130. The van der Waals surface area contributed by atoms with Gasteiger partial charge in [0.1, 0.15) is 5.75 Å². The lowest BCUT2D eigenvalue weighted by atomic mass is 10.1. The van der Waals surface area contributed by atoms with E-state index >= 15 is 0 Å². The molecule has 0 saturated carbocycles. The maximum absolute atomic E-state index is 11.2. The number of carbonyl (C=O) groups excluding carboxylic acids is 1. The number of para-hydroxylation sites is 1. The molecule has 16 heavy (non-hydrogen) atoms. The summed E-state index contributed by atoms with van der Waals surface area (Å²) in [4.78, 5) is 11.2. The Balaban J connectivity index is 2.45. The molecule has 0 heterocycles. The first-order valence-electron chi connectivity index (χ1n) is 5.30. The zero-order valence-electron chi connectivity index (χ0n) is 9.69. The third-order valence-electron chi connectivity index (χ3n) is 2.30. The highest BCUT2D eigenvalue weighted by atomic mass is 16.5. The summed E-state index contributed by atoms with van der Waals surface area (Å²) in [5.41, 5.74) is 6.51. The summed E-state index contributed by atoms with van der Waals surface area (Å²) < 4.78 is 5.21. The molecule has 1 aromatic rings. The third-order valence-corrected chi connectivity index (χ3v) is 2.30. The predicted octanol–water partition coefficient (Wildman–Crippen LogP) is 0.701. The van der Waals surface area contributed by atoms with Crippen molar-refractivity contribution in [3.8, 4) is 5.75 Å². The molecule has 1 aromatic carbocycles. The van der Waals surface area contributed by atoms with E-state index in [2.05, 4.69) is 5.32 Å². The van der Waals surface area contributed by atoms with Gasteiger partial charge in [-0.05, 0) is 25.0 Å². The lowest BCUT2D eigenvalue weighted by Gasteiger charge is -2.10. The van der Waals surface area contributed by atoms with Gasteiger partial charge in [0.25, 0.3) is 0 Å².